The predicted octanol–water partition coefficient (Wildman–Crippen LogP) is -1.96. The molecule has 0 aromatic carbocycles. The number of carboxylic acids is 1. The fraction of sp³-hybridized carbons (Fsp3) is 0.889. The van der Waals surface area contributed by atoms with Crippen LogP contribution in [0.2, 0.25) is 0 Å². The van der Waals surface area contributed by atoms with Crippen LogP contribution in [0.3, 0.4) is 0 Å². The van der Waals surface area contributed by atoms with Crippen molar-refractivity contribution in [1.29, 1.82) is 0 Å². The van der Waals surface area contributed by atoms with Gasteiger partial charge in [-0.15, -0.1) is 0 Å². The molecule has 1 aliphatic rings. The maximum Gasteiger partial charge on any atom is 0.317 e. The largest absolute Gasteiger partial charge is 0.480 e. The van der Waals surface area contributed by atoms with Crippen molar-refractivity contribution in [3.8, 4) is 0 Å². The molecular formula is C9H18N2O4. The van der Waals surface area contributed by atoms with Crippen LogP contribution in [0.1, 0.15) is 0 Å². The fourth-order valence-corrected chi connectivity index (χ4v) is 1.68. The number of β-amino-alcohol motifs (C(OH)–C–C–N with tert-alkyl or cyclic N) is 1. The molecule has 0 radical (unpaired) electrons. The molecule has 1 fully saturated rings. The van der Waals surface area contributed by atoms with E-state index in [4.69, 9.17) is 10.2 Å². The Hall–Kier alpha value is -0.690. The normalized spacial score (nSPS) is 21.5. The zero-order valence-electron chi connectivity index (χ0n) is 8.67. The molecule has 1 unspecified atom stereocenters. The van der Waals surface area contributed by atoms with Gasteiger partial charge in [-0.3, -0.25) is 14.6 Å². The second kappa shape index (κ2) is 6.02. The van der Waals surface area contributed by atoms with Crippen LogP contribution in [-0.2, 0) is 4.79 Å². The van der Waals surface area contributed by atoms with E-state index in [1.807, 2.05) is 9.80 Å². The Balaban J connectivity index is 2.20. The average Bonchev–Trinajstić information content (AvgIpc) is 2.20. The van der Waals surface area contributed by atoms with Gasteiger partial charge in [0.05, 0.1) is 19.3 Å². The summed E-state index contributed by atoms with van der Waals surface area (Å²) in [5, 5.41) is 26.5. The lowest BCUT2D eigenvalue weighted by Gasteiger charge is -2.34. The van der Waals surface area contributed by atoms with Gasteiger partial charge >= 0.3 is 5.97 Å². The van der Waals surface area contributed by atoms with Gasteiger partial charge in [0.15, 0.2) is 0 Å². The van der Waals surface area contributed by atoms with E-state index in [1.165, 1.54) is 0 Å². The molecule has 0 saturated carbocycles. The topological polar surface area (TPSA) is 84.2 Å². The smallest absolute Gasteiger partial charge is 0.317 e. The standard InChI is InChI=1S/C9H18N2O4/c12-7-8(13)5-10-1-3-11(4-2-10)6-9(14)15/h8,12-13H,1-7H2,(H,14,15). The van der Waals surface area contributed by atoms with Crippen LogP contribution in [0.5, 0.6) is 0 Å². The number of piperazine rings is 1. The molecule has 6 nitrogen and oxygen atoms in total. The fourth-order valence-electron chi connectivity index (χ4n) is 1.68. The minimum absolute atomic E-state index is 0.0798. The number of aliphatic carboxylic acids is 1. The van der Waals surface area contributed by atoms with E-state index in [2.05, 4.69) is 0 Å². The van der Waals surface area contributed by atoms with Gasteiger partial charge in [0.2, 0.25) is 0 Å². The Bertz CT molecular complexity index is 204. The number of aliphatic hydroxyl groups is 2. The van der Waals surface area contributed by atoms with Crippen molar-refractivity contribution in [3.05, 3.63) is 0 Å². The van der Waals surface area contributed by atoms with E-state index in [-0.39, 0.29) is 13.2 Å². The third-order valence-electron chi connectivity index (χ3n) is 2.50. The lowest BCUT2D eigenvalue weighted by molar-refractivity contribution is -0.138. The summed E-state index contributed by atoms with van der Waals surface area (Å²) < 4.78 is 0. The van der Waals surface area contributed by atoms with Gasteiger partial charge in [0.25, 0.3) is 0 Å². The average molecular weight is 218 g/mol. The number of hydrogen-bond donors (Lipinski definition) is 3. The Morgan fingerprint density at radius 2 is 1.73 bits per heavy atom. The maximum atomic E-state index is 10.4. The molecular weight excluding hydrogens is 200 g/mol. The molecule has 15 heavy (non-hydrogen) atoms. The molecule has 1 saturated heterocycles. The maximum absolute atomic E-state index is 10.4. The zero-order valence-corrected chi connectivity index (χ0v) is 8.67. The first-order valence-corrected chi connectivity index (χ1v) is 5.07. The molecule has 1 rings (SSSR count). The highest BCUT2D eigenvalue weighted by atomic mass is 16.4. The molecule has 3 N–H and O–H groups in total. The highest BCUT2D eigenvalue weighted by molar-refractivity contribution is 5.69. The summed E-state index contributed by atoms with van der Waals surface area (Å²) in [6.45, 7) is 3.19. The van der Waals surface area contributed by atoms with Crippen molar-refractivity contribution >= 4 is 5.97 Å². The number of carbonyl (C=O) groups is 1. The van der Waals surface area contributed by atoms with Crippen LogP contribution in [0.4, 0.5) is 0 Å². The number of aliphatic hydroxyl groups excluding tert-OH is 2. The molecule has 0 bridgehead atoms. The lowest BCUT2D eigenvalue weighted by Crippen LogP contribution is -2.50. The van der Waals surface area contributed by atoms with E-state index >= 15 is 0 Å². The Kier molecular flexibility index (Phi) is 4.97. The van der Waals surface area contributed by atoms with E-state index in [0.29, 0.717) is 19.6 Å². The van der Waals surface area contributed by atoms with Crippen LogP contribution in [-0.4, -0.2) is 83.1 Å². The van der Waals surface area contributed by atoms with Crippen molar-refractivity contribution in [1.82, 2.24) is 9.80 Å². The lowest BCUT2D eigenvalue weighted by atomic mass is 10.2. The van der Waals surface area contributed by atoms with Gasteiger partial charge in [0.1, 0.15) is 0 Å². The summed E-state index contributed by atoms with van der Waals surface area (Å²) >= 11 is 0. The molecule has 1 heterocycles. The second-order valence-electron chi connectivity index (χ2n) is 3.81. The van der Waals surface area contributed by atoms with Crippen LogP contribution < -0.4 is 0 Å². The minimum atomic E-state index is -0.807. The highest BCUT2D eigenvalue weighted by Crippen LogP contribution is 2.02. The molecule has 88 valence electrons. The van der Waals surface area contributed by atoms with E-state index in [9.17, 15) is 9.90 Å². The SMILES string of the molecule is O=C(O)CN1CCN(CC(O)CO)CC1. The summed E-state index contributed by atoms with van der Waals surface area (Å²) in [6.07, 6.45) is -0.698. The summed E-state index contributed by atoms with van der Waals surface area (Å²) in [7, 11) is 0. The van der Waals surface area contributed by atoms with Crippen LogP contribution >= 0.6 is 0 Å². The van der Waals surface area contributed by atoms with Gasteiger partial charge in [0, 0.05) is 32.7 Å². The van der Waals surface area contributed by atoms with Crippen molar-refractivity contribution in [2.45, 2.75) is 6.10 Å². The van der Waals surface area contributed by atoms with Crippen molar-refractivity contribution in [3.63, 3.8) is 0 Å². The Labute approximate surface area is 88.7 Å². The Morgan fingerprint density at radius 3 is 2.20 bits per heavy atom. The number of hydrogen-bond acceptors (Lipinski definition) is 5. The van der Waals surface area contributed by atoms with Crippen LogP contribution in [0.15, 0.2) is 0 Å². The van der Waals surface area contributed by atoms with Gasteiger partial charge in [-0.05, 0) is 0 Å². The molecule has 1 aliphatic heterocycles. The molecule has 6 heteroatoms. The monoisotopic (exact) mass is 218 g/mol. The van der Waals surface area contributed by atoms with E-state index < -0.39 is 12.1 Å². The number of nitrogens with zero attached hydrogens (tertiary/aromatic N) is 2. The first-order valence-electron chi connectivity index (χ1n) is 5.07. The number of rotatable bonds is 5. The first-order chi connectivity index (χ1) is 7.11. The van der Waals surface area contributed by atoms with Gasteiger partial charge in [-0.2, -0.15) is 0 Å². The third-order valence-corrected chi connectivity index (χ3v) is 2.50. The van der Waals surface area contributed by atoms with E-state index in [0.717, 1.165) is 13.1 Å². The predicted molar refractivity (Wildman–Crippen MR) is 53.6 cm³/mol. The minimum Gasteiger partial charge on any atom is -0.480 e. The van der Waals surface area contributed by atoms with Gasteiger partial charge < -0.3 is 15.3 Å². The summed E-state index contributed by atoms with van der Waals surface area (Å²) in [6, 6.07) is 0. The van der Waals surface area contributed by atoms with Crippen LogP contribution in [0.25, 0.3) is 0 Å². The van der Waals surface area contributed by atoms with Crippen molar-refractivity contribution < 1.29 is 20.1 Å². The Morgan fingerprint density at radius 1 is 1.20 bits per heavy atom. The summed E-state index contributed by atoms with van der Waals surface area (Å²) in [5.74, 6) is -0.807. The third kappa shape index (κ3) is 4.57. The van der Waals surface area contributed by atoms with Crippen LogP contribution in [0, 0.1) is 0 Å². The molecule has 1 atom stereocenters. The molecule has 0 aromatic heterocycles. The zero-order chi connectivity index (χ0) is 11.3. The first kappa shape index (κ1) is 12.4. The molecule has 0 amide bonds. The molecule has 0 aromatic rings. The summed E-state index contributed by atoms with van der Waals surface area (Å²) in [5.41, 5.74) is 0. The quantitative estimate of drug-likeness (QED) is 0.497. The van der Waals surface area contributed by atoms with E-state index in [1.54, 1.807) is 0 Å². The number of carboxylic acid groups (broad SMARTS) is 1. The highest BCUT2D eigenvalue weighted by Gasteiger charge is 2.19. The second-order valence-corrected chi connectivity index (χ2v) is 3.81. The molecule has 0 spiro atoms. The van der Waals surface area contributed by atoms with Gasteiger partial charge in [-0.25, -0.2) is 0 Å². The summed E-state index contributed by atoms with van der Waals surface area (Å²) in [4.78, 5) is 14.3. The van der Waals surface area contributed by atoms with Crippen molar-refractivity contribution in [2.75, 3.05) is 45.9 Å². The van der Waals surface area contributed by atoms with Crippen molar-refractivity contribution in [2.24, 2.45) is 0 Å². The van der Waals surface area contributed by atoms with Gasteiger partial charge in [-0.1, -0.05) is 0 Å². The molecule has 0 aliphatic carbocycles.